The molecular weight excluding hydrogens is 300 g/mol. The predicted octanol–water partition coefficient (Wildman–Crippen LogP) is 4.05. The van der Waals surface area contributed by atoms with Crippen molar-refractivity contribution in [3.63, 3.8) is 0 Å². The van der Waals surface area contributed by atoms with E-state index >= 15 is 0 Å². The van der Waals surface area contributed by atoms with Crippen molar-refractivity contribution in [2.75, 3.05) is 0 Å². The Hall–Kier alpha value is -2.29. The molecule has 2 aliphatic rings. The summed E-state index contributed by atoms with van der Waals surface area (Å²) >= 11 is 0. The smallest absolute Gasteiger partial charge is 0.182 e. The molecule has 3 nitrogen and oxygen atoms in total. The highest BCUT2D eigenvalue weighted by Crippen LogP contribution is 2.47. The fraction of sp³-hybridized carbons (Fsp3) is 0.381. The summed E-state index contributed by atoms with van der Waals surface area (Å²) in [6, 6.07) is 7.48. The molecule has 1 fully saturated rings. The third-order valence-corrected chi connectivity index (χ3v) is 5.64. The summed E-state index contributed by atoms with van der Waals surface area (Å²) in [4.78, 5) is 12.6. The van der Waals surface area contributed by atoms with Gasteiger partial charge < -0.3 is 10.2 Å². The van der Waals surface area contributed by atoms with Crippen LogP contribution in [0, 0.1) is 12.8 Å². The Kier molecular flexibility index (Phi) is 3.41. The molecule has 1 saturated carbocycles. The summed E-state index contributed by atoms with van der Waals surface area (Å²) in [5, 5.41) is 20.7. The normalized spacial score (nSPS) is 21.6. The topological polar surface area (TPSA) is 57.5 Å². The van der Waals surface area contributed by atoms with Crippen molar-refractivity contribution in [1.82, 2.24) is 0 Å². The number of phenolic OH excluding ortho intramolecular Hbond substituents is 2. The van der Waals surface area contributed by atoms with Gasteiger partial charge in [0.2, 0.25) is 0 Å². The van der Waals surface area contributed by atoms with Crippen molar-refractivity contribution < 1.29 is 10.2 Å². The summed E-state index contributed by atoms with van der Waals surface area (Å²) in [7, 11) is 0. The SMILES string of the molecule is Cc1c(O)cc2c(c1O)-c1ccc(C3CC3C)c(=O)cc1CCC2. The average molecular weight is 322 g/mol. The van der Waals surface area contributed by atoms with E-state index in [4.69, 9.17) is 0 Å². The average Bonchev–Trinajstić information content (AvgIpc) is 3.29. The maximum absolute atomic E-state index is 12.6. The van der Waals surface area contributed by atoms with E-state index in [2.05, 4.69) is 6.92 Å². The minimum absolute atomic E-state index is 0.115. The van der Waals surface area contributed by atoms with Gasteiger partial charge in [-0.15, -0.1) is 0 Å². The number of fused-ring (bicyclic) bond motifs is 3. The maximum atomic E-state index is 12.6. The summed E-state index contributed by atoms with van der Waals surface area (Å²) in [5.41, 5.74) is 5.17. The van der Waals surface area contributed by atoms with Crippen LogP contribution in [-0.4, -0.2) is 10.2 Å². The first-order valence-electron chi connectivity index (χ1n) is 8.69. The van der Waals surface area contributed by atoms with E-state index in [-0.39, 0.29) is 16.9 Å². The molecule has 0 bridgehead atoms. The number of aryl methyl sites for hydroxylation is 2. The molecule has 0 aromatic heterocycles. The summed E-state index contributed by atoms with van der Waals surface area (Å²) in [6.45, 7) is 3.89. The second-order valence-electron chi connectivity index (χ2n) is 7.31. The lowest BCUT2D eigenvalue weighted by atomic mass is 9.94. The number of benzene rings is 1. The molecule has 0 amide bonds. The van der Waals surface area contributed by atoms with Crippen LogP contribution in [-0.2, 0) is 12.8 Å². The highest BCUT2D eigenvalue weighted by atomic mass is 16.3. The fourth-order valence-corrected chi connectivity index (χ4v) is 3.97. The summed E-state index contributed by atoms with van der Waals surface area (Å²) in [6.07, 6.45) is 3.59. The Morgan fingerprint density at radius 3 is 2.50 bits per heavy atom. The molecular formula is C21H22O3. The second-order valence-corrected chi connectivity index (χ2v) is 7.31. The lowest BCUT2D eigenvalue weighted by Crippen LogP contribution is -2.04. The van der Waals surface area contributed by atoms with E-state index in [9.17, 15) is 15.0 Å². The van der Waals surface area contributed by atoms with Crippen molar-refractivity contribution in [3.05, 3.63) is 56.7 Å². The van der Waals surface area contributed by atoms with Crippen LogP contribution < -0.4 is 5.43 Å². The number of hydrogen-bond acceptors (Lipinski definition) is 3. The zero-order valence-electron chi connectivity index (χ0n) is 14.1. The minimum atomic E-state index is 0.115. The fourth-order valence-electron chi connectivity index (χ4n) is 3.97. The van der Waals surface area contributed by atoms with E-state index in [1.54, 1.807) is 19.1 Å². The van der Waals surface area contributed by atoms with Crippen LogP contribution in [0.5, 0.6) is 11.5 Å². The van der Waals surface area contributed by atoms with Gasteiger partial charge in [0.25, 0.3) is 0 Å². The lowest BCUT2D eigenvalue weighted by molar-refractivity contribution is 0.443. The largest absolute Gasteiger partial charge is 0.508 e. The first-order valence-corrected chi connectivity index (χ1v) is 8.69. The molecule has 0 spiro atoms. The van der Waals surface area contributed by atoms with Gasteiger partial charge >= 0.3 is 0 Å². The standard InChI is InChI=1S/C21H22O3/c1-11-8-17(11)16-7-6-15-13(9-19(16)23)4-3-5-14-10-18(22)12(2)21(24)20(14)15/h6-7,9-11,17,22,24H,3-5,8H2,1-2H3. The van der Waals surface area contributed by atoms with Crippen LogP contribution in [0.15, 0.2) is 29.1 Å². The van der Waals surface area contributed by atoms with E-state index in [1.165, 1.54) is 0 Å². The highest BCUT2D eigenvalue weighted by Gasteiger charge is 2.35. The van der Waals surface area contributed by atoms with Crippen molar-refractivity contribution in [2.45, 2.75) is 45.4 Å². The van der Waals surface area contributed by atoms with Gasteiger partial charge in [0.05, 0.1) is 0 Å². The Morgan fingerprint density at radius 2 is 1.79 bits per heavy atom. The van der Waals surface area contributed by atoms with E-state index in [1.807, 2.05) is 12.1 Å². The van der Waals surface area contributed by atoms with Crippen molar-refractivity contribution in [3.8, 4) is 22.6 Å². The van der Waals surface area contributed by atoms with Gasteiger partial charge in [-0.25, -0.2) is 0 Å². The first kappa shape index (κ1) is 15.3. The summed E-state index contributed by atoms with van der Waals surface area (Å²) in [5.74, 6) is 1.23. The third kappa shape index (κ3) is 2.31. The van der Waals surface area contributed by atoms with Crippen molar-refractivity contribution >= 4 is 0 Å². The van der Waals surface area contributed by atoms with Crippen LogP contribution in [0.2, 0.25) is 0 Å². The zero-order chi connectivity index (χ0) is 17.0. The number of aromatic hydroxyl groups is 2. The Balaban J connectivity index is 1.99. The molecule has 2 unspecified atom stereocenters. The van der Waals surface area contributed by atoms with Gasteiger partial charge in [-0.1, -0.05) is 19.1 Å². The Bertz CT molecular complexity index is 898. The second kappa shape index (κ2) is 5.37. The van der Waals surface area contributed by atoms with E-state index < -0.39 is 0 Å². The molecule has 2 aromatic rings. The van der Waals surface area contributed by atoms with Gasteiger partial charge in [0.1, 0.15) is 11.5 Å². The molecule has 24 heavy (non-hydrogen) atoms. The quantitative estimate of drug-likeness (QED) is 0.833. The molecule has 124 valence electrons. The van der Waals surface area contributed by atoms with Gasteiger partial charge in [-0.2, -0.15) is 0 Å². The molecule has 2 atom stereocenters. The van der Waals surface area contributed by atoms with Crippen LogP contribution in [0.25, 0.3) is 11.1 Å². The lowest BCUT2D eigenvalue weighted by Gasteiger charge is -2.13. The van der Waals surface area contributed by atoms with Crippen LogP contribution >= 0.6 is 0 Å². The van der Waals surface area contributed by atoms with Crippen LogP contribution in [0.1, 0.15) is 47.9 Å². The Morgan fingerprint density at radius 1 is 1.08 bits per heavy atom. The van der Waals surface area contributed by atoms with Gasteiger partial charge in [-0.3, -0.25) is 4.79 Å². The molecule has 4 rings (SSSR count). The number of hydrogen-bond donors (Lipinski definition) is 2. The molecule has 0 heterocycles. The van der Waals surface area contributed by atoms with Crippen LogP contribution in [0.3, 0.4) is 0 Å². The third-order valence-electron chi connectivity index (χ3n) is 5.64. The summed E-state index contributed by atoms with van der Waals surface area (Å²) < 4.78 is 0. The number of rotatable bonds is 1. The zero-order valence-corrected chi connectivity index (χ0v) is 14.1. The molecule has 0 radical (unpaired) electrons. The van der Waals surface area contributed by atoms with E-state index in [0.29, 0.717) is 17.4 Å². The minimum Gasteiger partial charge on any atom is -0.508 e. The van der Waals surface area contributed by atoms with Gasteiger partial charge in [0, 0.05) is 16.7 Å². The van der Waals surface area contributed by atoms with E-state index in [0.717, 1.165) is 53.5 Å². The van der Waals surface area contributed by atoms with Crippen LogP contribution in [0.4, 0.5) is 0 Å². The predicted molar refractivity (Wildman–Crippen MR) is 94.8 cm³/mol. The Labute approximate surface area is 141 Å². The molecule has 2 aromatic carbocycles. The monoisotopic (exact) mass is 322 g/mol. The maximum Gasteiger partial charge on any atom is 0.182 e. The first-order chi connectivity index (χ1) is 11.5. The molecule has 3 heteroatoms. The molecule has 2 N–H and O–H groups in total. The van der Waals surface area contributed by atoms with Gasteiger partial charge in [-0.05, 0) is 73.3 Å². The highest BCUT2D eigenvalue weighted by molar-refractivity contribution is 5.79. The van der Waals surface area contributed by atoms with Crippen molar-refractivity contribution in [2.24, 2.45) is 5.92 Å². The molecule has 0 aliphatic heterocycles. The van der Waals surface area contributed by atoms with Crippen molar-refractivity contribution in [1.29, 1.82) is 0 Å². The van der Waals surface area contributed by atoms with Gasteiger partial charge in [0.15, 0.2) is 5.43 Å². The molecule has 0 saturated heterocycles. The number of phenols is 2. The molecule has 2 aliphatic carbocycles.